The van der Waals surface area contributed by atoms with Crippen molar-refractivity contribution in [1.29, 1.82) is 0 Å². The Hall–Kier alpha value is -0.480. The van der Waals surface area contributed by atoms with Crippen molar-refractivity contribution in [2.45, 2.75) is 47.1 Å². The van der Waals surface area contributed by atoms with E-state index in [0.29, 0.717) is 11.5 Å². The Morgan fingerprint density at radius 1 is 1.33 bits per heavy atom. The molecule has 0 spiro atoms. The number of rotatable bonds is 3. The fourth-order valence-electron chi connectivity index (χ4n) is 1.14. The Bertz CT molecular complexity index is 166. The minimum Gasteiger partial charge on any atom is -0.313 e. The summed E-state index contributed by atoms with van der Waals surface area (Å²) in [5.74, 6) is 6.07. The van der Waals surface area contributed by atoms with Crippen LogP contribution in [0.5, 0.6) is 0 Å². The van der Waals surface area contributed by atoms with E-state index in [9.17, 15) is 0 Å². The van der Waals surface area contributed by atoms with E-state index in [2.05, 4.69) is 44.9 Å². The van der Waals surface area contributed by atoms with Crippen molar-refractivity contribution < 1.29 is 0 Å². The Labute approximate surface area is 76.9 Å². The maximum Gasteiger partial charge on any atom is 0.0248 e. The fraction of sp³-hybridized carbons (Fsp3) is 0.818. The highest BCUT2D eigenvalue weighted by molar-refractivity contribution is 5.00. The molecule has 0 rings (SSSR count). The van der Waals surface area contributed by atoms with E-state index in [1.54, 1.807) is 0 Å². The van der Waals surface area contributed by atoms with E-state index < -0.39 is 0 Å². The summed E-state index contributed by atoms with van der Waals surface area (Å²) in [6, 6.07) is 0.509. The molecule has 0 aliphatic heterocycles. The lowest BCUT2D eigenvalue weighted by molar-refractivity contribution is 0.276. The zero-order valence-corrected chi connectivity index (χ0v) is 8.99. The van der Waals surface area contributed by atoms with Gasteiger partial charge in [0.1, 0.15) is 0 Å². The Morgan fingerprint density at radius 3 is 2.25 bits per heavy atom. The summed E-state index contributed by atoms with van der Waals surface area (Å²) in [5.41, 5.74) is 0.305. The zero-order valence-electron chi connectivity index (χ0n) is 8.99. The van der Waals surface area contributed by atoms with Crippen molar-refractivity contribution in [1.82, 2.24) is 5.32 Å². The predicted octanol–water partition coefficient (Wildman–Crippen LogP) is 2.42. The average Bonchev–Trinajstić information content (AvgIpc) is 1.95. The SMILES string of the molecule is CC#CCC(NCC)C(C)(C)C. The third kappa shape index (κ3) is 4.41. The van der Waals surface area contributed by atoms with E-state index in [0.717, 1.165) is 13.0 Å². The Morgan fingerprint density at radius 2 is 1.92 bits per heavy atom. The van der Waals surface area contributed by atoms with E-state index in [1.165, 1.54) is 0 Å². The van der Waals surface area contributed by atoms with Crippen LogP contribution in [0, 0.1) is 17.3 Å². The largest absolute Gasteiger partial charge is 0.313 e. The molecule has 0 heterocycles. The average molecular weight is 167 g/mol. The quantitative estimate of drug-likeness (QED) is 0.637. The molecule has 1 heteroatoms. The summed E-state index contributed by atoms with van der Waals surface area (Å²) in [6.45, 7) is 11.8. The van der Waals surface area contributed by atoms with Gasteiger partial charge in [0.05, 0.1) is 0 Å². The second-order valence-electron chi connectivity index (χ2n) is 4.11. The normalized spacial score (nSPS) is 13.4. The highest BCUT2D eigenvalue weighted by Crippen LogP contribution is 2.21. The second-order valence-corrected chi connectivity index (χ2v) is 4.11. The molecule has 1 N–H and O–H groups in total. The molecule has 0 radical (unpaired) electrons. The van der Waals surface area contributed by atoms with Crippen LogP contribution >= 0.6 is 0 Å². The van der Waals surface area contributed by atoms with Gasteiger partial charge in [0.25, 0.3) is 0 Å². The lowest BCUT2D eigenvalue weighted by atomic mass is 9.85. The minimum atomic E-state index is 0.305. The van der Waals surface area contributed by atoms with Gasteiger partial charge in [0, 0.05) is 12.5 Å². The van der Waals surface area contributed by atoms with Crippen molar-refractivity contribution in [2.24, 2.45) is 5.41 Å². The maximum atomic E-state index is 3.45. The predicted molar refractivity (Wildman–Crippen MR) is 55.0 cm³/mol. The van der Waals surface area contributed by atoms with Crippen molar-refractivity contribution >= 4 is 0 Å². The summed E-state index contributed by atoms with van der Waals surface area (Å²) in [7, 11) is 0. The van der Waals surface area contributed by atoms with Crippen molar-refractivity contribution in [3.05, 3.63) is 0 Å². The summed E-state index contributed by atoms with van der Waals surface area (Å²) >= 11 is 0. The molecular formula is C11H21N. The molecule has 0 aromatic carbocycles. The lowest BCUT2D eigenvalue weighted by Gasteiger charge is -2.29. The first kappa shape index (κ1) is 11.5. The van der Waals surface area contributed by atoms with Gasteiger partial charge in [-0.25, -0.2) is 0 Å². The first-order valence-electron chi connectivity index (χ1n) is 4.65. The molecule has 0 aromatic heterocycles. The summed E-state index contributed by atoms with van der Waals surface area (Å²) in [6.07, 6.45) is 0.952. The first-order chi connectivity index (χ1) is 5.52. The monoisotopic (exact) mass is 167 g/mol. The molecule has 0 saturated carbocycles. The zero-order chi connectivity index (χ0) is 9.61. The summed E-state index contributed by atoms with van der Waals surface area (Å²) in [5, 5.41) is 3.45. The number of hydrogen-bond donors (Lipinski definition) is 1. The van der Waals surface area contributed by atoms with E-state index >= 15 is 0 Å². The van der Waals surface area contributed by atoms with Crippen molar-refractivity contribution in [3.8, 4) is 11.8 Å². The Kier molecular flexibility index (Phi) is 5.01. The van der Waals surface area contributed by atoms with E-state index in [4.69, 9.17) is 0 Å². The van der Waals surface area contributed by atoms with Crippen LogP contribution in [0.2, 0.25) is 0 Å². The van der Waals surface area contributed by atoms with Gasteiger partial charge in [-0.2, -0.15) is 0 Å². The highest BCUT2D eigenvalue weighted by atomic mass is 14.9. The molecule has 0 amide bonds. The van der Waals surface area contributed by atoms with Crippen molar-refractivity contribution in [2.75, 3.05) is 6.54 Å². The molecule has 0 fully saturated rings. The molecule has 0 aliphatic rings. The molecule has 0 aliphatic carbocycles. The molecular weight excluding hydrogens is 146 g/mol. The van der Waals surface area contributed by atoms with E-state index in [1.807, 2.05) is 6.92 Å². The van der Waals surface area contributed by atoms with Gasteiger partial charge < -0.3 is 5.32 Å². The molecule has 70 valence electrons. The van der Waals surface area contributed by atoms with Crippen LogP contribution in [0.3, 0.4) is 0 Å². The minimum absolute atomic E-state index is 0.305. The second kappa shape index (κ2) is 5.22. The third-order valence-corrected chi connectivity index (χ3v) is 1.98. The van der Waals surface area contributed by atoms with Crippen LogP contribution in [0.15, 0.2) is 0 Å². The molecule has 1 nitrogen and oxygen atoms in total. The fourth-order valence-corrected chi connectivity index (χ4v) is 1.14. The third-order valence-electron chi connectivity index (χ3n) is 1.98. The smallest absolute Gasteiger partial charge is 0.0248 e. The summed E-state index contributed by atoms with van der Waals surface area (Å²) < 4.78 is 0. The van der Waals surface area contributed by atoms with Gasteiger partial charge in [-0.15, -0.1) is 11.8 Å². The molecule has 0 saturated heterocycles. The van der Waals surface area contributed by atoms with Crippen LogP contribution in [-0.2, 0) is 0 Å². The van der Waals surface area contributed by atoms with Crippen LogP contribution < -0.4 is 5.32 Å². The van der Waals surface area contributed by atoms with E-state index in [-0.39, 0.29) is 0 Å². The molecule has 0 aromatic rings. The van der Waals surface area contributed by atoms with Crippen molar-refractivity contribution in [3.63, 3.8) is 0 Å². The lowest BCUT2D eigenvalue weighted by Crippen LogP contribution is -2.39. The van der Waals surface area contributed by atoms with Crippen LogP contribution in [0.25, 0.3) is 0 Å². The van der Waals surface area contributed by atoms with Gasteiger partial charge in [0.2, 0.25) is 0 Å². The number of nitrogens with one attached hydrogen (secondary N) is 1. The molecule has 1 unspecified atom stereocenters. The van der Waals surface area contributed by atoms with Gasteiger partial charge in [0.15, 0.2) is 0 Å². The van der Waals surface area contributed by atoms with Crippen LogP contribution in [-0.4, -0.2) is 12.6 Å². The first-order valence-corrected chi connectivity index (χ1v) is 4.65. The van der Waals surface area contributed by atoms with Gasteiger partial charge in [-0.3, -0.25) is 0 Å². The molecule has 1 atom stereocenters. The van der Waals surface area contributed by atoms with Gasteiger partial charge >= 0.3 is 0 Å². The van der Waals surface area contributed by atoms with Crippen LogP contribution in [0.4, 0.5) is 0 Å². The number of hydrogen-bond acceptors (Lipinski definition) is 1. The highest BCUT2D eigenvalue weighted by Gasteiger charge is 2.22. The van der Waals surface area contributed by atoms with Crippen LogP contribution in [0.1, 0.15) is 41.0 Å². The standard InChI is InChI=1S/C11H21N/c1-6-8-9-10(12-7-2)11(3,4)5/h10,12H,7,9H2,1-5H3. The summed E-state index contributed by atoms with van der Waals surface area (Å²) in [4.78, 5) is 0. The maximum absolute atomic E-state index is 3.45. The molecule has 0 bridgehead atoms. The van der Waals surface area contributed by atoms with Gasteiger partial charge in [-0.05, 0) is 18.9 Å². The topological polar surface area (TPSA) is 12.0 Å². The Balaban J connectivity index is 4.10. The molecule has 12 heavy (non-hydrogen) atoms. The van der Waals surface area contributed by atoms with Gasteiger partial charge in [-0.1, -0.05) is 27.7 Å².